The van der Waals surface area contributed by atoms with Gasteiger partial charge in [-0.05, 0) is 35.4 Å². The number of hydrogen-bond acceptors (Lipinski definition) is 7. The van der Waals surface area contributed by atoms with Gasteiger partial charge < -0.3 is 20.1 Å². The van der Waals surface area contributed by atoms with Crippen LogP contribution < -0.4 is 4.72 Å². The quantitative estimate of drug-likeness (QED) is 0.388. The molecule has 2 aromatic rings. The molecule has 0 spiro atoms. The van der Waals surface area contributed by atoms with Crippen molar-refractivity contribution in [1.29, 1.82) is 0 Å². The van der Waals surface area contributed by atoms with Crippen molar-refractivity contribution in [2.24, 2.45) is 0 Å². The van der Waals surface area contributed by atoms with Gasteiger partial charge in [0, 0.05) is 19.6 Å². The van der Waals surface area contributed by atoms with Crippen LogP contribution in [0.5, 0.6) is 0 Å². The van der Waals surface area contributed by atoms with Crippen LogP contribution in [-0.4, -0.2) is 78.2 Å². The maximum atomic E-state index is 11.4. The minimum Gasteiger partial charge on any atom is -0.478 e. The molecule has 11 heteroatoms. The summed E-state index contributed by atoms with van der Waals surface area (Å²) in [4.78, 5) is 24.2. The van der Waals surface area contributed by atoms with Crippen molar-refractivity contribution >= 4 is 22.0 Å². The Morgan fingerprint density at radius 3 is 1.82 bits per heavy atom. The molecule has 0 amide bonds. The number of benzene rings is 2. The van der Waals surface area contributed by atoms with Crippen molar-refractivity contribution < 1.29 is 38.1 Å². The Hall–Kier alpha value is -2.83. The number of ether oxygens (including phenoxy) is 1. The van der Waals surface area contributed by atoms with E-state index in [4.69, 9.17) is 14.9 Å². The van der Waals surface area contributed by atoms with Gasteiger partial charge in [-0.2, -0.15) is 0 Å². The summed E-state index contributed by atoms with van der Waals surface area (Å²) in [6.07, 6.45) is -0.675. The van der Waals surface area contributed by atoms with Crippen LogP contribution in [0.1, 0.15) is 31.8 Å². The van der Waals surface area contributed by atoms with E-state index in [-0.39, 0.29) is 24.3 Å². The molecule has 4 N–H and O–H groups in total. The second kappa shape index (κ2) is 10.4. The average molecular weight is 479 g/mol. The molecular formula is C22H26N2O8S. The lowest BCUT2D eigenvalue weighted by molar-refractivity contribution is 0.0330. The van der Waals surface area contributed by atoms with Crippen molar-refractivity contribution in [2.75, 3.05) is 19.4 Å². The highest BCUT2D eigenvalue weighted by molar-refractivity contribution is 7.88. The van der Waals surface area contributed by atoms with Gasteiger partial charge in [-0.3, -0.25) is 4.90 Å². The van der Waals surface area contributed by atoms with Gasteiger partial charge in [-0.15, -0.1) is 0 Å². The molecule has 10 nitrogen and oxygen atoms in total. The number of rotatable bonds is 10. The molecule has 1 aliphatic rings. The average Bonchev–Trinajstić information content (AvgIpc) is 3.12. The van der Waals surface area contributed by atoms with Crippen molar-refractivity contribution in [1.82, 2.24) is 9.62 Å². The molecule has 2 aromatic carbocycles. The second-order valence-corrected chi connectivity index (χ2v) is 9.79. The SMILES string of the molecule is CS(=O)(=O)NCC1OCC(N(Cc2ccc(C(=O)O)cc2)Cc2ccc(C(=O)O)cc2)C1O. The smallest absolute Gasteiger partial charge is 0.335 e. The van der Waals surface area contributed by atoms with Crippen LogP contribution in [0.3, 0.4) is 0 Å². The maximum Gasteiger partial charge on any atom is 0.335 e. The summed E-state index contributed by atoms with van der Waals surface area (Å²) >= 11 is 0. The number of hydrogen-bond donors (Lipinski definition) is 4. The van der Waals surface area contributed by atoms with E-state index in [1.54, 1.807) is 24.3 Å². The Balaban J connectivity index is 1.80. The first-order valence-corrected chi connectivity index (χ1v) is 12.1. The largest absolute Gasteiger partial charge is 0.478 e. The van der Waals surface area contributed by atoms with Gasteiger partial charge in [0.15, 0.2) is 0 Å². The van der Waals surface area contributed by atoms with Gasteiger partial charge >= 0.3 is 11.9 Å². The zero-order valence-electron chi connectivity index (χ0n) is 17.9. The minimum absolute atomic E-state index is 0.0645. The van der Waals surface area contributed by atoms with E-state index in [9.17, 15) is 23.1 Å². The molecule has 3 unspecified atom stereocenters. The van der Waals surface area contributed by atoms with E-state index < -0.39 is 40.2 Å². The van der Waals surface area contributed by atoms with Crippen LogP contribution >= 0.6 is 0 Å². The van der Waals surface area contributed by atoms with Crippen LogP contribution in [0.15, 0.2) is 48.5 Å². The number of aliphatic hydroxyl groups is 1. The van der Waals surface area contributed by atoms with Gasteiger partial charge in [-0.25, -0.2) is 22.7 Å². The molecular weight excluding hydrogens is 452 g/mol. The molecule has 1 saturated heterocycles. The summed E-state index contributed by atoms with van der Waals surface area (Å²) in [7, 11) is -3.44. The van der Waals surface area contributed by atoms with Crippen LogP contribution in [0, 0.1) is 0 Å². The first-order valence-electron chi connectivity index (χ1n) is 10.2. The number of aromatic carboxylic acids is 2. The Labute approximate surface area is 191 Å². The Kier molecular flexibility index (Phi) is 7.82. The zero-order chi connectivity index (χ0) is 24.2. The maximum absolute atomic E-state index is 11.4. The summed E-state index contributed by atoms with van der Waals surface area (Å²) in [6.45, 7) is 0.818. The molecule has 1 fully saturated rings. The number of nitrogens with one attached hydrogen (secondary N) is 1. The Morgan fingerprint density at radius 2 is 1.42 bits per heavy atom. The summed E-state index contributed by atoms with van der Waals surface area (Å²) in [5.41, 5.74) is 1.94. The minimum atomic E-state index is -3.44. The summed E-state index contributed by atoms with van der Waals surface area (Å²) < 4.78 is 30.8. The van der Waals surface area contributed by atoms with Crippen molar-refractivity contribution in [3.8, 4) is 0 Å². The molecule has 0 aromatic heterocycles. The third kappa shape index (κ3) is 6.83. The number of nitrogens with zero attached hydrogens (tertiary/aromatic N) is 1. The highest BCUT2D eigenvalue weighted by Crippen LogP contribution is 2.24. The fourth-order valence-electron chi connectivity index (χ4n) is 3.67. The fourth-order valence-corrected chi connectivity index (χ4v) is 4.13. The Morgan fingerprint density at radius 1 is 0.970 bits per heavy atom. The van der Waals surface area contributed by atoms with Gasteiger partial charge in [0.1, 0.15) is 0 Å². The molecule has 0 aliphatic carbocycles. The monoisotopic (exact) mass is 478 g/mol. The number of sulfonamides is 1. The van der Waals surface area contributed by atoms with E-state index in [2.05, 4.69) is 4.72 Å². The first kappa shape index (κ1) is 24.8. The predicted molar refractivity (Wildman–Crippen MR) is 118 cm³/mol. The van der Waals surface area contributed by atoms with Crippen molar-refractivity contribution in [2.45, 2.75) is 31.3 Å². The molecule has 1 aliphatic heterocycles. The van der Waals surface area contributed by atoms with Crippen LogP contribution in [0.4, 0.5) is 0 Å². The van der Waals surface area contributed by atoms with Crippen LogP contribution in [0.2, 0.25) is 0 Å². The van der Waals surface area contributed by atoms with Gasteiger partial charge in [0.2, 0.25) is 10.0 Å². The molecule has 0 saturated carbocycles. The van der Waals surface area contributed by atoms with Gasteiger partial charge in [0.05, 0.1) is 42.2 Å². The van der Waals surface area contributed by atoms with E-state index in [0.29, 0.717) is 13.1 Å². The fraction of sp³-hybridized carbons (Fsp3) is 0.364. The van der Waals surface area contributed by atoms with Crippen molar-refractivity contribution in [3.63, 3.8) is 0 Å². The lowest BCUT2D eigenvalue weighted by atomic mass is 10.0. The highest BCUT2D eigenvalue weighted by atomic mass is 32.2. The number of aliphatic hydroxyl groups excluding tert-OH is 1. The van der Waals surface area contributed by atoms with Gasteiger partial charge in [0.25, 0.3) is 0 Å². The lowest BCUT2D eigenvalue weighted by Gasteiger charge is -2.31. The van der Waals surface area contributed by atoms with E-state index in [1.165, 1.54) is 24.3 Å². The number of carbonyl (C=O) groups is 2. The summed E-state index contributed by atoms with van der Waals surface area (Å²) in [5.74, 6) is -2.06. The third-order valence-electron chi connectivity index (χ3n) is 5.45. The third-order valence-corrected chi connectivity index (χ3v) is 6.14. The van der Waals surface area contributed by atoms with E-state index >= 15 is 0 Å². The summed E-state index contributed by atoms with van der Waals surface area (Å²) in [5, 5.41) is 29.1. The van der Waals surface area contributed by atoms with Gasteiger partial charge in [-0.1, -0.05) is 24.3 Å². The second-order valence-electron chi connectivity index (χ2n) is 7.96. The Bertz CT molecular complexity index is 1030. The van der Waals surface area contributed by atoms with Crippen LogP contribution in [-0.2, 0) is 27.8 Å². The normalized spacial score (nSPS) is 20.8. The van der Waals surface area contributed by atoms with E-state index in [1.807, 2.05) is 4.90 Å². The molecule has 178 valence electrons. The predicted octanol–water partition coefficient (Wildman–Crippen LogP) is 0.763. The number of carboxylic acids is 2. The van der Waals surface area contributed by atoms with E-state index in [0.717, 1.165) is 17.4 Å². The molecule has 0 bridgehead atoms. The molecule has 1 heterocycles. The standard InChI is InChI=1S/C22H26N2O8S/c1-33(30,31)23-10-19-20(25)18(13-32-19)24(11-14-2-6-16(7-3-14)21(26)27)12-15-4-8-17(9-5-15)22(28)29/h2-9,18-20,23,25H,10-13H2,1H3,(H,26,27)(H,28,29). The molecule has 33 heavy (non-hydrogen) atoms. The highest BCUT2D eigenvalue weighted by Gasteiger charge is 2.39. The lowest BCUT2D eigenvalue weighted by Crippen LogP contribution is -2.46. The van der Waals surface area contributed by atoms with Crippen LogP contribution in [0.25, 0.3) is 0 Å². The first-order chi connectivity index (χ1) is 15.5. The summed E-state index contributed by atoms with van der Waals surface area (Å²) in [6, 6.07) is 12.3. The number of carboxylic acid groups (broad SMARTS) is 2. The zero-order valence-corrected chi connectivity index (χ0v) is 18.7. The topological polar surface area (TPSA) is 153 Å². The molecule has 3 rings (SSSR count). The molecule has 3 atom stereocenters. The molecule has 0 radical (unpaired) electrons. The van der Waals surface area contributed by atoms with Crippen molar-refractivity contribution in [3.05, 3.63) is 70.8 Å².